The van der Waals surface area contributed by atoms with E-state index in [9.17, 15) is 19.5 Å². The van der Waals surface area contributed by atoms with Crippen LogP contribution in [-0.4, -0.2) is 60.1 Å². The van der Waals surface area contributed by atoms with Gasteiger partial charge in [-0.2, -0.15) is 0 Å². The molecule has 1 aromatic carbocycles. The van der Waals surface area contributed by atoms with Crippen molar-refractivity contribution in [2.45, 2.75) is 24.5 Å². The van der Waals surface area contributed by atoms with Crippen molar-refractivity contribution in [1.29, 1.82) is 0 Å². The normalized spacial score (nSPS) is 30.0. The molecule has 4 N–H and O–H groups in total. The third-order valence-electron chi connectivity index (χ3n) is 5.59. The van der Waals surface area contributed by atoms with Crippen LogP contribution in [0.25, 0.3) is 0 Å². The molecule has 3 aliphatic rings. The van der Waals surface area contributed by atoms with Crippen LogP contribution in [0.4, 0.5) is 4.79 Å². The highest BCUT2D eigenvalue weighted by Crippen LogP contribution is 2.41. The zero-order valence-corrected chi connectivity index (χ0v) is 14.3. The van der Waals surface area contributed by atoms with E-state index in [2.05, 4.69) is 16.0 Å². The van der Waals surface area contributed by atoms with Crippen molar-refractivity contribution in [1.82, 2.24) is 20.9 Å². The molecule has 4 amide bonds. The average Bonchev–Trinajstić information content (AvgIpc) is 3.28. The van der Waals surface area contributed by atoms with E-state index < -0.39 is 23.6 Å². The first-order valence-corrected chi connectivity index (χ1v) is 8.89. The van der Waals surface area contributed by atoms with Crippen LogP contribution < -0.4 is 16.0 Å². The number of carbonyl (C=O) groups is 3. The lowest BCUT2D eigenvalue weighted by atomic mass is 9.92. The SMILES string of the molecule is O=C(CN1C(=O)NC2(CCc3ccccc32)C1=O)NCC1CNCC1O. The summed E-state index contributed by atoms with van der Waals surface area (Å²) >= 11 is 0. The smallest absolute Gasteiger partial charge is 0.325 e. The number of rotatable bonds is 4. The lowest BCUT2D eigenvalue weighted by molar-refractivity contribution is -0.135. The fraction of sp³-hybridized carbons (Fsp3) is 0.500. The fourth-order valence-electron chi connectivity index (χ4n) is 4.11. The number of hydrogen-bond donors (Lipinski definition) is 4. The van der Waals surface area contributed by atoms with Crippen molar-refractivity contribution < 1.29 is 19.5 Å². The highest BCUT2D eigenvalue weighted by molar-refractivity contribution is 6.09. The zero-order valence-electron chi connectivity index (χ0n) is 14.3. The van der Waals surface area contributed by atoms with E-state index in [-0.39, 0.29) is 18.4 Å². The lowest BCUT2D eigenvalue weighted by Crippen LogP contribution is -2.45. The Balaban J connectivity index is 1.43. The summed E-state index contributed by atoms with van der Waals surface area (Å²) < 4.78 is 0. The van der Waals surface area contributed by atoms with E-state index in [1.165, 1.54) is 0 Å². The summed E-state index contributed by atoms with van der Waals surface area (Å²) in [5.74, 6) is -0.837. The molecule has 1 spiro atoms. The molecule has 2 heterocycles. The van der Waals surface area contributed by atoms with Crippen LogP contribution in [0.3, 0.4) is 0 Å². The molecule has 3 atom stereocenters. The van der Waals surface area contributed by atoms with Crippen LogP contribution in [0.1, 0.15) is 17.5 Å². The Bertz CT molecular complexity index is 767. The molecule has 0 aromatic heterocycles. The molecule has 26 heavy (non-hydrogen) atoms. The second-order valence-corrected chi connectivity index (χ2v) is 7.17. The van der Waals surface area contributed by atoms with Gasteiger partial charge < -0.3 is 21.1 Å². The van der Waals surface area contributed by atoms with Crippen molar-refractivity contribution in [2.24, 2.45) is 5.92 Å². The second-order valence-electron chi connectivity index (χ2n) is 7.17. The van der Waals surface area contributed by atoms with E-state index in [0.717, 1.165) is 22.4 Å². The van der Waals surface area contributed by atoms with Gasteiger partial charge in [-0.15, -0.1) is 0 Å². The number of amides is 4. The Kier molecular flexibility index (Phi) is 4.16. The van der Waals surface area contributed by atoms with Gasteiger partial charge in [0.25, 0.3) is 5.91 Å². The Morgan fingerprint density at radius 1 is 1.31 bits per heavy atom. The van der Waals surface area contributed by atoms with E-state index in [1.54, 1.807) is 0 Å². The molecular weight excluding hydrogens is 336 g/mol. The van der Waals surface area contributed by atoms with E-state index in [1.807, 2.05) is 24.3 Å². The summed E-state index contributed by atoms with van der Waals surface area (Å²) in [5, 5.41) is 18.3. The summed E-state index contributed by atoms with van der Waals surface area (Å²) in [4.78, 5) is 38.5. The van der Waals surface area contributed by atoms with Gasteiger partial charge in [0.2, 0.25) is 5.91 Å². The predicted octanol–water partition coefficient (Wildman–Crippen LogP) is -0.924. The van der Waals surface area contributed by atoms with Gasteiger partial charge in [-0.05, 0) is 24.0 Å². The number of hydrogen-bond acceptors (Lipinski definition) is 5. The highest BCUT2D eigenvalue weighted by atomic mass is 16.3. The number of urea groups is 1. The number of aliphatic hydroxyl groups is 1. The standard InChI is InChI=1S/C18H22N4O4/c23-14-9-19-7-12(14)8-20-15(24)10-22-16(25)18(21-17(22)26)6-5-11-3-1-2-4-13(11)18/h1-4,12,14,19,23H,5-10H2,(H,20,24)(H,21,26). The summed E-state index contributed by atoms with van der Waals surface area (Å²) in [7, 11) is 0. The first kappa shape index (κ1) is 17.0. The molecule has 1 aliphatic carbocycles. The lowest BCUT2D eigenvalue weighted by Gasteiger charge is -2.22. The molecule has 0 saturated carbocycles. The number of nitrogens with zero attached hydrogens (tertiary/aromatic N) is 1. The summed E-state index contributed by atoms with van der Waals surface area (Å²) in [5.41, 5.74) is 0.830. The predicted molar refractivity (Wildman–Crippen MR) is 92.1 cm³/mol. The molecule has 4 rings (SSSR count). The van der Waals surface area contributed by atoms with Crippen LogP contribution >= 0.6 is 0 Å². The number of nitrogens with one attached hydrogen (secondary N) is 3. The number of carbonyl (C=O) groups excluding carboxylic acids is 3. The summed E-state index contributed by atoms with van der Waals surface area (Å²) in [6.45, 7) is 1.13. The third-order valence-corrected chi connectivity index (χ3v) is 5.59. The third kappa shape index (κ3) is 2.65. The van der Waals surface area contributed by atoms with Crippen LogP contribution in [0.15, 0.2) is 24.3 Å². The minimum absolute atomic E-state index is 0.0601. The number of benzene rings is 1. The number of aryl methyl sites for hydroxylation is 1. The molecule has 3 unspecified atom stereocenters. The van der Waals surface area contributed by atoms with Gasteiger partial charge in [0, 0.05) is 25.6 Å². The fourth-order valence-corrected chi connectivity index (χ4v) is 4.11. The Labute approximate surface area is 150 Å². The van der Waals surface area contributed by atoms with Crippen molar-refractivity contribution in [3.05, 3.63) is 35.4 Å². The Morgan fingerprint density at radius 2 is 2.12 bits per heavy atom. The maximum absolute atomic E-state index is 13.0. The van der Waals surface area contributed by atoms with Crippen molar-refractivity contribution in [3.63, 3.8) is 0 Å². The number of aliphatic hydroxyl groups excluding tert-OH is 1. The van der Waals surface area contributed by atoms with E-state index in [0.29, 0.717) is 26.1 Å². The topological polar surface area (TPSA) is 111 Å². The van der Waals surface area contributed by atoms with E-state index in [4.69, 9.17) is 0 Å². The quantitative estimate of drug-likeness (QED) is 0.520. The average molecular weight is 358 g/mol. The Hall–Kier alpha value is -2.45. The first-order chi connectivity index (χ1) is 12.5. The van der Waals surface area contributed by atoms with Gasteiger partial charge in [-0.3, -0.25) is 14.5 Å². The monoisotopic (exact) mass is 358 g/mol. The molecule has 1 aromatic rings. The van der Waals surface area contributed by atoms with E-state index >= 15 is 0 Å². The maximum atomic E-state index is 13.0. The molecule has 138 valence electrons. The van der Waals surface area contributed by atoms with Crippen LogP contribution in [0, 0.1) is 5.92 Å². The molecule has 8 heteroatoms. The molecule has 2 aliphatic heterocycles. The number of imide groups is 1. The zero-order chi connectivity index (χ0) is 18.3. The van der Waals surface area contributed by atoms with Gasteiger partial charge >= 0.3 is 6.03 Å². The summed E-state index contributed by atoms with van der Waals surface area (Å²) in [6, 6.07) is 7.04. The minimum atomic E-state index is -1.04. The van der Waals surface area contributed by atoms with Gasteiger partial charge in [0.05, 0.1) is 6.10 Å². The highest BCUT2D eigenvalue weighted by Gasteiger charge is 2.55. The van der Waals surface area contributed by atoms with Gasteiger partial charge in [0.15, 0.2) is 0 Å². The molecule has 2 fully saturated rings. The molecule has 0 radical (unpaired) electrons. The maximum Gasteiger partial charge on any atom is 0.325 e. The van der Waals surface area contributed by atoms with Crippen LogP contribution in [-0.2, 0) is 21.5 Å². The molecule has 8 nitrogen and oxygen atoms in total. The minimum Gasteiger partial charge on any atom is -0.391 e. The Morgan fingerprint density at radius 3 is 2.88 bits per heavy atom. The molecule has 2 saturated heterocycles. The number of β-amino-alcohol motifs (C(OH)–C–C–N with tert-alkyl or cyclic N) is 1. The van der Waals surface area contributed by atoms with Crippen molar-refractivity contribution in [3.8, 4) is 0 Å². The van der Waals surface area contributed by atoms with Crippen LogP contribution in [0.5, 0.6) is 0 Å². The van der Waals surface area contributed by atoms with Crippen molar-refractivity contribution >= 4 is 17.8 Å². The summed E-state index contributed by atoms with van der Waals surface area (Å²) in [6.07, 6.45) is 0.731. The van der Waals surface area contributed by atoms with Crippen molar-refractivity contribution in [2.75, 3.05) is 26.2 Å². The number of fused-ring (bicyclic) bond motifs is 2. The van der Waals surface area contributed by atoms with Crippen LogP contribution in [0.2, 0.25) is 0 Å². The van der Waals surface area contributed by atoms with Gasteiger partial charge in [0.1, 0.15) is 12.1 Å². The molecular formula is C18H22N4O4. The molecule has 0 bridgehead atoms. The largest absolute Gasteiger partial charge is 0.391 e. The van der Waals surface area contributed by atoms with Gasteiger partial charge in [-0.1, -0.05) is 24.3 Å². The first-order valence-electron chi connectivity index (χ1n) is 8.89. The van der Waals surface area contributed by atoms with Gasteiger partial charge in [-0.25, -0.2) is 4.79 Å². The second kappa shape index (κ2) is 6.37.